The zero-order valence-corrected chi connectivity index (χ0v) is 16.3. The highest BCUT2D eigenvalue weighted by molar-refractivity contribution is 5.80. The van der Waals surface area contributed by atoms with Crippen molar-refractivity contribution < 1.29 is 14.3 Å². The second-order valence-electron chi connectivity index (χ2n) is 7.46. The first-order valence-corrected chi connectivity index (χ1v) is 9.01. The Morgan fingerprint density at radius 2 is 1.73 bits per heavy atom. The number of carbonyl (C=O) groups excluding carboxylic acids is 1. The molecule has 0 saturated heterocycles. The fourth-order valence-corrected chi connectivity index (χ4v) is 2.57. The molecule has 26 heavy (non-hydrogen) atoms. The van der Waals surface area contributed by atoms with Crippen LogP contribution in [0.2, 0.25) is 0 Å². The lowest BCUT2D eigenvalue weighted by molar-refractivity contribution is -0.127. The summed E-state index contributed by atoms with van der Waals surface area (Å²) in [4.78, 5) is 12.2. The van der Waals surface area contributed by atoms with Crippen LogP contribution in [-0.2, 0) is 10.2 Å². The molecule has 2 aromatic carbocycles. The third kappa shape index (κ3) is 5.80. The second kappa shape index (κ2) is 8.75. The molecule has 0 aliphatic carbocycles. The normalized spacial score (nSPS) is 12.3. The van der Waals surface area contributed by atoms with Crippen molar-refractivity contribution in [3.63, 3.8) is 0 Å². The molecule has 0 heterocycles. The van der Waals surface area contributed by atoms with Crippen LogP contribution in [0.4, 0.5) is 0 Å². The molecule has 140 valence electrons. The smallest absolute Gasteiger partial charge is 0.260 e. The second-order valence-corrected chi connectivity index (χ2v) is 7.46. The van der Waals surface area contributed by atoms with Gasteiger partial charge in [0.15, 0.2) is 6.10 Å². The number of para-hydroxylation sites is 1. The van der Waals surface area contributed by atoms with E-state index in [0.717, 1.165) is 16.9 Å². The van der Waals surface area contributed by atoms with Gasteiger partial charge in [-0.15, -0.1) is 0 Å². The summed E-state index contributed by atoms with van der Waals surface area (Å²) in [7, 11) is 0. The Morgan fingerprint density at radius 1 is 1.08 bits per heavy atom. The molecule has 0 saturated carbocycles. The average Bonchev–Trinajstić information content (AvgIpc) is 2.60. The van der Waals surface area contributed by atoms with Gasteiger partial charge in [-0.2, -0.15) is 0 Å². The summed E-state index contributed by atoms with van der Waals surface area (Å²) in [5, 5.41) is 2.85. The number of amides is 1. The molecule has 0 bridgehead atoms. The number of hydrogen-bond donors (Lipinski definition) is 1. The van der Waals surface area contributed by atoms with Crippen LogP contribution >= 0.6 is 0 Å². The first kappa shape index (κ1) is 19.8. The average molecular weight is 355 g/mol. The molecule has 0 aliphatic rings. The van der Waals surface area contributed by atoms with E-state index in [0.29, 0.717) is 18.9 Å². The van der Waals surface area contributed by atoms with Gasteiger partial charge in [-0.25, -0.2) is 0 Å². The Labute approximate surface area is 156 Å². The van der Waals surface area contributed by atoms with Crippen LogP contribution in [0.3, 0.4) is 0 Å². The molecular formula is C22H29NO3. The Morgan fingerprint density at radius 3 is 2.38 bits per heavy atom. The third-order valence-electron chi connectivity index (χ3n) is 4.06. The largest absolute Gasteiger partial charge is 0.491 e. The Balaban J connectivity index is 1.79. The first-order chi connectivity index (χ1) is 12.3. The fourth-order valence-electron chi connectivity index (χ4n) is 2.57. The number of hydrogen-bond acceptors (Lipinski definition) is 3. The van der Waals surface area contributed by atoms with E-state index in [4.69, 9.17) is 9.47 Å². The van der Waals surface area contributed by atoms with Crippen LogP contribution in [0.1, 0.15) is 38.8 Å². The van der Waals surface area contributed by atoms with E-state index < -0.39 is 6.10 Å². The molecular weight excluding hydrogens is 326 g/mol. The molecule has 4 heteroatoms. The number of benzene rings is 2. The number of nitrogens with one attached hydrogen (secondary N) is 1. The summed E-state index contributed by atoms with van der Waals surface area (Å²) >= 11 is 0. The van der Waals surface area contributed by atoms with E-state index in [1.807, 2.05) is 49.4 Å². The molecule has 0 spiro atoms. The van der Waals surface area contributed by atoms with Gasteiger partial charge in [0.2, 0.25) is 0 Å². The van der Waals surface area contributed by atoms with E-state index in [9.17, 15) is 4.79 Å². The van der Waals surface area contributed by atoms with Crippen molar-refractivity contribution in [3.8, 4) is 11.5 Å². The maximum Gasteiger partial charge on any atom is 0.260 e. The monoisotopic (exact) mass is 355 g/mol. The van der Waals surface area contributed by atoms with E-state index in [1.54, 1.807) is 6.92 Å². The van der Waals surface area contributed by atoms with Gasteiger partial charge >= 0.3 is 0 Å². The van der Waals surface area contributed by atoms with Crippen molar-refractivity contribution >= 4 is 5.91 Å². The standard InChI is InChI=1S/C22H29NO3/c1-16-10-12-18(13-11-16)26-17(2)21(24)23-14-15-25-20-9-7-6-8-19(20)22(3,4)5/h6-13,17H,14-15H2,1-5H3,(H,23,24)/t17-/m1/s1. The fraction of sp³-hybridized carbons (Fsp3) is 0.409. The minimum atomic E-state index is -0.556. The summed E-state index contributed by atoms with van der Waals surface area (Å²) in [6.45, 7) is 11.1. The van der Waals surface area contributed by atoms with Gasteiger partial charge in [0.1, 0.15) is 18.1 Å². The summed E-state index contributed by atoms with van der Waals surface area (Å²) in [6, 6.07) is 15.7. The Hall–Kier alpha value is -2.49. The van der Waals surface area contributed by atoms with Crippen LogP contribution < -0.4 is 14.8 Å². The van der Waals surface area contributed by atoms with Crippen LogP contribution in [0.25, 0.3) is 0 Å². The van der Waals surface area contributed by atoms with Crippen molar-refractivity contribution in [2.24, 2.45) is 0 Å². The molecule has 2 aromatic rings. The molecule has 4 nitrogen and oxygen atoms in total. The quantitative estimate of drug-likeness (QED) is 0.755. The van der Waals surface area contributed by atoms with Crippen molar-refractivity contribution in [1.82, 2.24) is 5.32 Å². The molecule has 0 aromatic heterocycles. The van der Waals surface area contributed by atoms with E-state index in [-0.39, 0.29) is 11.3 Å². The van der Waals surface area contributed by atoms with Crippen molar-refractivity contribution in [2.75, 3.05) is 13.2 Å². The summed E-state index contributed by atoms with van der Waals surface area (Å²) in [5.74, 6) is 1.39. The third-order valence-corrected chi connectivity index (χ3v) is 4.06. The minimum absolute atomic E-state index is 0.0102. The lowest BCUT2D eigenvalue weighted by Gasteiger charge is -2.22. The number of rotatable bonds is 7. The number of ether oxygens (including phenoxy) is 2. The molecule has 0 radical (unpaired) electrons. The van der Waals surface area contributed by atoms with Crippen LogP contribution in [0.5, 0.6) is 11.5 Å². The van der Waals surface area contributed by atoms with Crippen molar-refractivity contribution in [1.29, 1.82) is 0 Å². The zero-order chi connectivity index (χ0) is 19.2. The SMILES string of the molecule is Cc1ccc(O[C@H](C)C(=O)NCCOc2ccccc2C(C)(C)C)cc1. The number of carbonyl (C=O) groups is 1. The Kier molecular flexibility index (Phi) is 6.67. The van der Waals surface area contributed by atoms with E-state index >= 15 is 0 Å². The topological polar surface area (TPSA) is 47.6 Å². The predicted octanol–water partition coefficient (Wildman–Crippen LogP) is 4.26. The lowest BCUT2D eigenvalue weighted by Crippen LogP contribution is -2.38. The van der Waals surface area contributed by atoms with Gasteiger partial charge < -0.3 is 14.8 Å². The molecule has 1 amide bonds. The van der Waals surface area contributed by atoms with Gasteiger partial charge in [0.05, 0.1) is 6.54 Å². The van der Waals surface area contributed by atoms with Crippen LogP contribution in [0.15, 0.2) is 48.5 Å². The lowest BCUT2D eigenvalue weighted by atomic mass is 9.86. The first-order valence-electron chi connectivity index (χ1n) is 9.01. The summed E-state index contributed by atoms with van der Waals surface area (Å²) in [5.41, 5.74) is 2.32. The maximum absolute atomic E-state index is 12.2. The van der Waals surface area contributed by atoms with Gasteiger partial charge in [0.25, 0.3) is 5.91 Å². The molecule has 1 atom stereocenters. The van der Waals surface area contributed by atoms with E-state index in [1.165, 1.54) is 0 Å². The molecule has 0 aliphatic heterocycles. The van der Waals surface area contributed by atoms with Gasteiger partial charge in [-0.3, -0.25) is 4.79 Å². The van der Waals surface area contributed by atoms with Gasteiger partial charge in [-0.05, 0) is 43.0 Å². The highest BCUT2D eigenvalue weighted by Gasteiger charge is 2.18. The van der Waals surface area contributed by atoms with Gasteiger partial charge in [0, 0.05) is 0 Å². The molecule has 2 rings (SSSR count). The molecule has 1 N–H and O–H groups in total. The van der Waals surface area contributed by atoms with E-state index in [2.05, 4.69) is 32.2 Å². The predicted molar refractivity (Wildman–Crippen MR) is 105 cm³/mol. The molecule has 0 fully saturated rings. The van der Waals surface area contributed by atoms with Gasteiger partial charge in [-0.1, -0.05) is 56.7 Å². The van der Waals surface area contributed by atoms with Crippen LogP contribution in [0, 0.1) is 6.92 Å². The maximum atomic E-state index is 12.2. The minimum Gasteiger partial charge on any atom is -0.491 e. The zero-order valence-electron chi connectivity index (χ0n) is 16.3. The van der Waals surface area contributed by atoms with Crippen molar-refractivity contribution in [2.45, 2.75) is 46.1 Å². The van der Waals surface area contributed by atoms with Crippen molar-refractivity contribution in [3.05, 3.63) is 59.7 Å². The summed E-state index contributed by atoms with van der Waals surface area (Å²) in [6.07, 6.45) is -0.556. The highest BCUT2D eigenvalue weighted by atomic mass is 16.5. The molecule has 0 unspecified atom stereocenters. The highest BCUT2D eigenvalue weighted by Crippen LogP contribution is 2.30. The summed E-state index contributed by atoms with van der Waals surface area (Å²) < 4.78 is 11.5. The Bertz CT molecular complexity index is 717. The number of aryl methyl sites for hydroxylation is 1. The van der Waals surface area contributed by atoms with Crippen LogP contribution in [-0.4, -0.2) is 25.2 Å².